The lowest BCUT2D eigenvalue weighted by molar-refractivity contribution is -0.145. The van der Waals surface area contributed by atoms with Gasteiger partial charge in [0, 0.05) is 5.92 Å². The normalized spacial score (nSPS) is 37.9. The fourth-order valence-electron chi connectivity index (χ4n) is 1.59. The molecule has 0 unspecified atom stereocenters. The minimum absolute atomic E-state index is 0.0313. The summed E-state index contributed by atoms with van der Waals surface area (Å²) in [5.74, 6) is 0.875. The molecule has 0 amide bonds. The van der Waals surface area contributed by atoms with Crippen LogP contribution in [0, 0.1) is 17.8 Å². The lowest BCUT2D eigenvalue weighted by atomic mass is 9.88. The molecule has 2 heteroatoms. The molecule has 1 saturated heterocycles. The predicted molar refractivity (Wildman–Crippen MR) is 43.0 cm³/mol. The van der Waals surface area contributed by atoms with Crippen molar-refractivity contribution >= 4 is 5.97 Å². The van der Waals surface area contributed by atoms with Crippen molar-refractivity contribution < 1.29 is 9.53 Å². The summed E-state index contributed by atoms with van der Waals surface area (Å²) in [5.41, 5.74) is 0. The summed E-state index contributed by atoms with van der Waals surface area (Å²) in [7, 11) is 0. The predicted octanol–water partition coefficient (Wildman–Crippen LogP) is 1.84. The van der Waals surface area contributed by atoms with E-state index in [1.165, 1.54) is 0 Å². The molecule has 0 radical (unpaired) electrons. The van der Waals surface area contributed by atoms with Crippen LogP contribution in [0.3, 0.4) is 0 Å². The molecule has 0 aromatic carbocycles. The number of rotatable bonds is 1. The number of hydrogen-bond acceptors (Lipinski definition) is 2. The number of hydrogen-bond donors (Lipinski definition) is 0. The van der Waals surface area contributed by atoms with E-state index in [0.717, 1.165) is 0 Å². The van der Waals surface area contributed by atoms with E-state index in [2.05, 4.69) is 20.8 Å². The third kappa shape index (κ3) is 1.39. The van der Waals surface area contributed by atoms with E-state index in [-0.39, 0.29) is 18.0 Å². The van der Waals surface area contributed by atoms with E-state index in [1.54, 1.807) is 0 Å². The highest BCUT2D eigenvalue weighted by Gasteiger charge is 2.39. The Bertz CT molecular complexity index is 163. The van der Waals surface area contributed by atoms with Crippen molar-refractivity contribution in [2.75, 3.05) is 0 Å². The zero-order chi connectivity index (χ0) is 8.59. The summed E-state index contributed by atoms with van der Waals surface area (Å²) < 4.78 is 5.21. The second-order valence-corrected chi connectivity index (χ2v) is 3.79. The standard InChI is InChI=1S/C9H16O2/c1-5(2)8-6(3)7(4)9(10)11-8/h5-8H,1-4H3/t6-,7+,8-/m0/s1. The highest BCUT2D eigenvalue weighted by Crippen LogP contribution is 2.31. The first kappa shape index (κ1) is 8.57. The van der Waals surface area contributed by atoms with Crippen LogP contribution < -0.4 is 0 Å². The molecular weight excluding hydrogens is 140 g/mol. The van der Waals surface area contributed by atoms with Crippen LogP contribution in [0.25, 0.3) is 0 Å². The average molecular weight is 156 g/mol. The average Bonchev–Trinajstić information content (AvgIpc) is 2.17. The number of carbonyl (C=O) groups excluding carboxylic acids is 1. The Labute approximate surface area is 67.9 Å². The van der Waals surface area contributed by atoms with Gasteiger partial charge in [-0.1, -0.05) is 27.7 Å². The molecule has 3 atom stereocenters. The van der Waals surface area contributed by atoms with Gasteiger partial charge in [-0.25, -0.2) is 0 Å². The van der Waals surface area contributed by atoms with Crippen molar-refractivity contribution in [1.82, 2.24) is 0 Å². The lowest BCUT2D eigenvalue weighted by Gasteiger charge is -2.18. The monoisotopic (exact) mass is 156 g/mol. The van der Waals surface area contributed by atoms with Crippen LogP contribution in [0.15, 0.2) is 0 Å². The summed E-state index contributed by atoms with van der Waals surface area (Å²) in [6, 6.07) is 0. The maximum absolute atomic E-state index is 11.1. The first-order valence-corrected chi connectivity index (χ1v) is 4.24. The van der Waals surface area contributed by atoms with Gasteiger partial charge in [-0.2, -0.15) is 0 Å². The van der Waals surface area contributed by atoms with Crippen LogP contribution >= 0.6 is 0 Å². The Morgan fingerprint density at radius 3 is 2.09 bits per heavy atom. The number of carbonyl (C=O) groups is 1. The first-order valence-electron chi connectivity index (χ1n) is 4.24. The Morgan fingerprint density at radius 2 is 1.91 bits per heavy atom. The quantitative estimate of drug-likeness (QED) is 0.541. The highest BCUT2D eigenvalue weighted by atomic mass is 16.6. The van der Waals surface area contributed by atoms with Crippen LogP contribution in [0.2, 0.25) is 0 Å². The van der Waals surface area contributed by atoms with Crippen molar-refractivity contribution in [3.8, 4) is 0 Å². The zero-order valence-corrected chi connectivity index (χ0v) is 7.63. The van der Waals surface area contributed by atoms with Gasteiger partial charge in [-0.3, -0.25) is 4.79 Å². The molecule has 0 spiro atoms. The van der Waals surface area contributed by atoms with E-state index in [1.807, 2.05) is 6.92 Å². The van der Waals surface area contributed by atoms with Crippen molar-refractivity contribution in [1.29, 1.82) is 0 Å². The molecule has 1 aliphatic heterocycles. The third-order valence-corrected chi connectivity index (χ3v) is 2.59. The molecule has 0 aromatic heterocycles. The van der Waals surface area contributed by atoms with Gasteiger partial charge in [-0.05, 0) is 5.92 Å². The summed E-state index contributed by atoms with van der Waals surface area (Å²) in [4.78, 5) is 11.1. The van der Waals surface area contributed by atoms with Crippen LogP contribution in [-0.2, 0) is 9.53 Å². The molecule has 1 aliphatic rings. The second-order valence-electron chi connectivity index (χ2n) is 3.79. The van der Waals surface area contributed by atoms with Crippen molar-refractivity contribution in [2.24, 2.45) is 17.8 Å². The van der Waals surface area contributed by atoms with Crippen LogP contribution in [-0.4, -0.2) is 12.1 Å². The number of cyclic esters (lactones) is 1. The van der Waals surface area contributed by atoms with Gasteiger partial charge in [0.1, 0.15) is 6.10 Å². The minimum Gasteiger partial charge on any atom is -0.462 e. The smallest absolute Gasteiger partial charge is 0.309 e. The summed E-state index contributed by atoms with van der Waals surface area (Å²) in [6.45, 7) is 8.20. The molecule has 0 aliphatic carbocycles. The highest BCUT2D eigenvalue weighted by molar-refractivity contribution is 5.74. The van der Waals surface area contributed by atoms with Gasteiger partial charge < -0.3 is 4.74 Å². The van der Waals surface area contributed by atoms with Gasteiger partial charge in [0.25, 0.3) is 0 Å². The van der Waals surface area contributed by atoms with Crippen LogP contribution in [0.1, 0.15) is 27.7 Å². The summed E-state index contributed by atoms with van der Waals surface area (Å²) in [6.07, 6.45) is 0.137. The SMILES string of the molecule is CC(C)[C@@H]1OC(=O)[C@H](C)[C@@H]1C. The van der Waals surface area contributed by atoms with Crippen molar-refractivity contribution in [2.45, 2.75) is 33.8 Å². The summed E-state index contributed by atoms with van der Waals surface area (Å²) >= 11 is 0. The molecule has 1 rings (SSSR count). The lowest BCUT2D eigenvalue weighted by Crippen LogP contribution is -2.21. The first-order chi connectivity index (χ1) is 5.04. The molecule has 1 heterocycles. The fourth-order valence-corrected chi connectivity index (χ4v) is 1.59. The molecule has 64 valence electrons. The zero-order valence-electron chi connectivity index (χ0n) is 7.63. The molecule has 0 aromatic rings. The largest absolute Gasteiger partial charge is 0.462 e. The molecule has 2 nitrogen and oxygen atoms in total. The van der Waals surface area contributed by atoms with Crippen molar-refractivity contribution in [3.63, 3.8) is 0 Å². The summed E-state index contributed by atoms with van der Waals surface area (Å²) in [5, 5.41) is 0. The Balaban J connectivity index is 2.67. The van der Waals surface area contributed by atoms with E-state index in [9.17, 15) is 4.79 Å². The second kappa shape index (κ2) is 2.84. The minimum atomic E-state index is -0.0313. The van der Waals surface area contributed by atoms with Gasteiger partial charge >= 0.3 is 5.97 Å². The van der Waals surface area contributed by atoms with Crippen LogP contribution in [0.4, 0.5) is 0 Å². The molecule has 11 heavy (non-hydrogen) atoms. The van der Waals surface area contributed by atoms with E-state index >= 15 is 0 Å². The van der Waals surface area contributed by atoms with Gasteiger partial charge in [-0.15, -0.1) is 0 Å². The Hall–Kier alpha value is -0.530. The Kier molecular flexibility index (Phi) is 2.21. The maximum atomic E-state index is 11.1. The van der Waals surface area contributed by atoms with Gasteiger partial charge in [0.15, 0.2) is 0 Å². The van der Waals surface area contributed by atoms with Crippen molar-refractivity contribution in [3.05, 3.63) is 0 Å². The fraction of sp³-hybridized carbons (Fsp3) is 0.889. The number of esters is 1. The molecule has 0 N–H and O–H groups in total. The molecule has 0 saturated carbocycles. The van der Waals surface area contributed by atoms with E-state index in [4.69, 9.17) is 4.74 Å². The van der Waals surface area contributed by atoms with Gasteiger partial charge in [0.2, 0.25) is 0 Å². The maximum Gasteiger partial charge on any atom is 0.309 e. The molecule has 0 bridgehead atoms. The Morgan fingerprint density at radius 1 is 1.36 bits per heavy atom. The molecular formula is C9H16O2. The topological polar surface area (TPSA) is 26.3 Å². The number of ether oxygens (including phenoxy) is 1. The van der Waals surface area contributed by atoms with E-state index in [0.29, 0.717) is 11.8 Å². The third-order valence-electron chi connectivity index (χ3n) is 2.59. The van der Waals surface area contributed by atoms with Gasteiger partial charge in [0.05, 0.1) is 5.92 Å². The van der Waals surface area contributed by atoms with Crippen LogP contribution in [0.5, 0.6) is 0 Å². The van der Waals surface area contributed by atoms with E-state index < -0.39 is 0 Å². The molecule has 1 fully saturated rings.